The predicted molar refractivity (Wildman–Crippen MR) is 139 cm³/mol. The van der Waals surface area contributed by atoms with Crippen molar-refractivity contribution in [2.75, 3.05) is 18.0 Å². The third-order valence-corrected chi connectivity index (χ3v) is 7.13. The van der Waals surface area contributed by atoms with Gasteiger partial charge in [0.05, 0.1) is 22.8 Å². The summed E-state index contributed by atoms with van der Waals surface area (Å²) >= 11 is 1.33. The summed E-state index contributed by atoms with van der Waals surface area (Å²) in [7, 11) is 0. The molecule has 6 heteroatoms. The summed E-state index contributed by atoms with van der Waals surface area (Å²) in [5.41, 5.74) is 4.13. The van der Waals surface area contributed by atoms with E-state index in [0.717, 1.165) is 48.3 Å². The minimum Gasteiger partial charge on any atom is -0.369 e. The first-order valence-corrected chi connectivity index (χ1v) is 12.3. The van der Waals surface area contributed by atoms with Crippen LogP contribution in [0.3, 0.4) is 0 Å². The lowest BCUT2D eigenvalue weighted by Crippen LogP contribution is -2.28. The monoisotopic (exact) mass is 471 g/mol. The third-order valence-electron chi connectivity index (χ3n) is 6.12. The second-order valence-electron chi connectivity index (χ2n) is 8.57. The zero-order valence-electron chi connectivity index (χ0n) is 19.1. The Kier molecular flexibility index (Phi) is 6.50. The molecule has 34 heavy (non-hydrogen) atoms. The average molecular weight is 472 g/mol. The van der Waals surface area contributed by atoms with Crippen LogP contribution in [0.4, 0.5) is 15.8 Å². The molecule has 5 rings (SSSR count). The number of aliphatic imine (C=N–C) groups is 1. The van der Waals surface area contributed by atoms with Gasteiger partial charge in [0.2, 0.25) is 0 Å². The first-order valence-electron chi connectivity index (χ1n) is 11.5. The SMILES string of the molecule is Cc1cc(N2CCCC2)c(F)cc1/C=C1\SC(=Nc2ccccc2)N(Cc2ccccc2)C1=O. The number of thioether (sulfide) groups is 1. The Bertz CT molecular complexity index is 1250. The van der Waals surface area contributed by atoms with E-state index >= 15 is 0 Å². The standard InChI is InChI=1S/C28H26FN3OS/c1-20-16-25(31-14-8-9-15-31)24(29)17-22(20)18-26-27(33)32(19-21-10-4-2-5-11-21)28(34-26)30-23-12-6-3-7-13-23/h2-7,10-13,16-18H,8-9,14-15,19H2,1H3/b26-18-,30-28?. The Hall–Kier alpha value is -3.38. The van der Waals surface area contributed by atoms with Gasteiger partial charge in [0.15, 0.2) is 5.17 Å². The van der Waals surface area contributed by atoms with Crippen molar-refractivity contribution >= 4 is 40.3 Å². The fourth-order valence-corrected chi connectivity index (χ4v) is 5.28. The number of carbonyl (C=O) groups is 1. The molecule has 0 saturated carbocycles. The van der Waals surface area contributed by atoms with Crippen molar-refractivity contribution < 1.29 is 9.18 Å². The lowest BCUT2D eigenvalue weighted by molar-refractivity contribution is -0.122. The van der Waals surface area contributed by atoms with Gasteiger partial charge < -0.3 is 4.90 Å². The van der Waals surface area contributed by atoms with E-state index < -0.39 is 0 Å². The van der Waals surface area contributed by atoms with Crippen LogP contribution in [0.15, 0.2) is 82.7 Å². The van der Waals surface area contributed by atoms with Crippen LogP contribution in [-0.4, -0.2) is 29.1 Å². The van der Waals surface area contributed by atoms with Crippen molar-refractivity contribution in [3.8, 4) is 0 Å². The highest BCUT2D eigenvalue weighted by Gasteiger charge is 2.33. The molecule has 0 radical (unpaired) electrons. The number of hydrogen-bond donors (Lipinski definition) is 0. The molecular weight excluding hydrogens is 445 g/mol. The van der Waals surface area contributed by atoms with Gasteiger partial charge in [-0.15, -0.1) is 0 Å². The highest BCUT2D eigenvalue weighted by atomic mass is 32.2. The molecule has 0 N–H and O–H groups in total. The maximum atomic E-state index is 15.0. The minimum absolute atomic E-state index is 0.119. The van der Waals surface area contributed by atoms with Gasteiger partial charge in [0.25, 0.3) is 5.91 Å². The number of halogens is 1. The molecule has 4 nitrogen and oxygen atoms in total. The number of amides is 1. The first kappa shape index (κ1) is 22.4. The molecule has 2 saturated heterocycles. The smallest absolute Gasteiger partial charge is 0.267 e. The van der Waals surface area contributed by atoms with Gasteiger partial charge in [-0.05, 0) is 78.6 Å². The molecule has 3 aromatic carbocycles. The molecule has 0 unspecified atom stereocenters. The molecule has 3 aromatic rings. The van der Waals surface area contributed by atoms with Crippen molar-refractivity contribution in [2.24, 2.45) is 4.99 Å². The Morgan fingerprint density at radius 3 is 2.38 bits per heavy atom. The lowest BCUT2D eigenvalue weighted by atomic mass is 10.1. The molecule has 0 aromatic heterocycles. The number of nitrogens with zero attached hydrogens (tertiary/aromatic N) is 3. The number of hydrogen-bond acceptors (Lipinski definition) is 4. The minimum atomic E-state index is -0.242. The number of carbonyl (C=O) groups excluding carboxylic acids is 1. The Morgan fingerprint density at radius 1 is 1.00 bits per heavy atom. The van der Waals surface area contributed by atoms with Crippen molar-refractivity contribution in [3.63, 3.8) is 0 Å². The van der Waals surface area contributed by atoms with E-state index in [2.05, 4.69) is 4.90 Å². The molecule has 0 spiro atoms. The summed E-state index contributed by atoms with van der Waals surface area (Å²) in [4.78, 5) is 22.5. The Morgan fingerprint density at radius 2 is 1.68 bits per heavy atom. The largest absolute Gasteiger partial charge is 0.369 e. The summed E-state index contributed by atoms with van der Waals surface area (Å²) in [6.07, 6.45) is 3.98. The molecule has 2 aliphatic heterocycles. The van der Waals surface area contributed by atoms with Crippen molar-refractivity contribution in [1.82, 2.24) is 4.90 Å². The lowest BCUT2D eigenvalue weighted by Gasteiger charge is -2.19. The van der Waals surface area contributed by atoms with Crippen LogP contribution in [0.25, 0.3) is 6.08 Å². The van der Waals surface area contributed by atoms with Gasteiger partial charge >= 0.3 is 0 Å². The molecule has 0 aliphatic carbocycles. The number of aryl methyl sites for hydroxylation is 1. The zero-order valence-corrected chi connectivity index (χ0v) is 19.9. The number of anilines is 1. The van der Waals surface area contributed by atoms with Crippen LogP contribution in [0.2, 0.25) is 0 Å². The van der Waals surface area contributed by atoms with Crippen LogP contribution in [0.1, 0.15) is 29.5 Å². The van der Waals surface area contributed by atoms with Gasteiger partial charge in [-0.1, -0.05) is 48.5 Å². The molecule has 2 aliphatic rings. The first-order chi connectivity index (χ1) is 16.6. The van der Waals surface area contributed by atoms with Crippen molar-refractivity contribution in [2.45, 2.75) is 26.3 Å². The van der Waals surface area contributed by atoms with Crippen LogP contribution in [0.5, 0.6) is 0 Å². The quantitative estimate of drug-likeness (QED) is 0.397. The van der Waals surface area contributed by atoms with E-state index in [4.69, 9.17) is 4.99 Å². The van der Waals surface area contributed by atoms with Gasteiger partial charge in [0.1, 0.15) is 5.82 Å². The van der Waals surface area contributed by atoms with E-state index in [9.17, 15) is 9.18 Å². The summed E-state index contributed by atoms with van der Waals surface area (Å²) in [5.74, 6) is -0.360. The maximum Gasteiger partial charge on any atom is 0.267 e. The van der Waals surface area contributed by atoms with Crippen LogP contribution in [-0.2, 0) is 11.3 Å². The van der Waals surface area contributed by atoms with E-state index in [0.29, 0.717) is 22.3 Å². The second kappa shape index (κ2) is 9.85. The van der Waals surface area contributed by atoms with Crippen LogP contribution < -0.4 is 4.90 Å². The number of benzene rings is 3. The Balaban J connectivity index is 1.48. The number of para-hydroxylation sites is 1. The summed E-state index contributed by atoms with van der Waals surface area (Å²) < 4.78 is 15.0. The third kappa shape index (κ3) is 4.77. The van der Waals surface area contributed by atoms with Gasteiger partial charge in [-0.2, -0.15) is 0 Å². The van der Waals surface area contributed by atoms with Gasteiger partial charge in [-0.25, -0.2) is 9.38 Å². The summed E-state index contributed by atoms with van der Waals surface area (Å²) in [6.45, 7) is 4.17. The highest BCUT2D eigenvalue weighted by Crippen LogP contribution is 2.36. The van der Waals surface area contributed by atoms with E-state index in [-0.39, 0.29) is 11.7 Å². The molecule has 172 valence electrons. The zero-order chi connectivity index (χ0) is 23.5. The predicted octanol–water partition coefficient (Wildman–Crippen LogP) is 6.54. The van der Waals surface area contributed by atoms with E-state index in [1.54, 1.807) is 17.0 Å². The topological polar surface area (TPSA) is 35.9 Å². The van der Waals surface area contributed by atoms with E-state index in [1.807, 2.05) is 73.7 Å². The van der Waals surface area contributed by atoms with Crippen LogP contribution in [0, 0.1) is 12.7 Å². The number of rotatable bonds is 5. The van der Waals surface area contributed by atoms with Crippen molar-refractivity contribution in [1.29, 1.82) is 0 Å². The normalized spacial score (nSPS) is 18.5. The number of amidine groups is 1. The summed E-state index contributed by atoms with van der Waals surface area (Å²) in [5, 5.41) is 0.623. The van der Waals surface area contributed by atoms with Crippen molar-refractivity contribution in [3.05, 3.63) is 100 Å². The molecular formula is C28H26FN3OS. The van der Waals surface area contributed by atoms with Crippen LogP contribution >= 0.6 is 11.8 Å². The second-order valence-corrected chi connectivity index (χ2v) is 9.58. The average Bonchev–Trinajstić information content (AvgIpc) is 3.48. The molecule has 0 bridgehead atoms. The molecule has 0 atom stereocenters. The van der Waals surface area contributed by atoms with E-state index in [1.165, 1.54) is 11.8 Å². The Labute approximate surface area is 203 Å². The fraction of sp³-hybridized carbons (Fsp3) is 0.214. The highest BCUT2D eigenvalue weighted by molar-refractivity contribution is 8.18. The maximum absolute atomic E-state index is 15.0. The molecule has 2 fully saturated rings. The summed E-state index contributed by atoms with van der Waals surface area (Å²) in [6, 6.07) is 22.9. The molecule has 2 heterocycles. The van der Waals surface area contributed by atoms with Gasteiger partial charge in [0, 0.05) is 13.1 Å². The molecule has 1 amide bonds. The fourth-order valence-electron chi connectivity index (χ4n) is 4.29. The van der Waals surface area contributed by atoms with Gasteiger partial charge in [-0.3, -0.25) is 9.69 Å².